The van der Waals surface area contributed by atoms with E-state index in [1.807, 2.05) is 37.3 Å². The lowest BCUT2D eigenvalue weighted by molar-refractivity contribution is -0.110. The van der Waals surface area contributed by atoms with Gasteiger partial charge in [-0.05, 0) is 48.4 Å². The van der Waals surface area contributed by atoms with Gasteiger partial charge in [0.15, 0.2) is 0 Å². The van der Waals surface area contributed by atoms with E-state index >= 15 is 0 Å². The number of carboxylic acids is 1. The second-order valence-electron chi connectivity index (χ2n) is 6.66. The Balaban J connectivity index is 0.000000380. The lowest BCUT2D eigenvalue weighted by Crippen LogP contribution is -2.24. The third-order valence-corrected chi connectivity index (χ3v) is 4.47. The van der Waals surface area contributed by atoms with Gasteiger partial charge < -0.3 is 26.0 Å². The number of hydrogen-bond donors (Lipinski definition) is 5. The van der Waals surface area contributed by atoms with E-state index in [0.717, 1.165) is 11.3 Å². The number of amides is 1. The van der Waals surface area contributed by atoms with Crippen LogP contribution < -0.4 is 15.8 Å². The molecule has 0 radical (unpaired) electrons. The second kappa shape index (κ2) is 11.2. The molecule has 3 aromatic rings. The number of anilines is 2. The molecule has 0 heterocycles. The summed E-state index contributed by atoms with van der Waals surface area (Å²) in [5, 5.41) is 29.4. The first-order chi connectivity index (χ1) is 15.3. The van der Waals surface area contributed by atoms with Crippen LogP contribution in [0, 0.1) is 5.41 Å². The number of carbonyl (C=O) groups excluding carboxylic acids is 1. The van der Waals surface area contributed by atoms with Gasteiger partial charge in [-0.25, -0.2) is 4.79 Å². The topological polar surface area (TPSA) is 146 Å². The fraction of sp³-hybridized carbons (Fsp3) is 0.125. The van der Waals surface area contributed by atoms with E-state index in [-0.39, 0.29) is 22.6 Å². The lowest BCUT2D eigenvalue weighted by atomic mass is 10.1. The summed E-state index contributed by atoms with van der Waals surface area (Å²) in [7, 11) is 1.66. The Kier molecular flexibility index (Phi) is 8.36. The molecule has 0 aromatic heterocycles. The minimum absolute atomic E-state index is 0.00348. The third-order valence-electron chi connectivity index (χ3n) is 4.47. The molecule has 3 aromatic carbocycles. The van der Waals surface area contributed by atoms with Crippen LogP contribution in [0.5, 0.6) is 11.5 Å². The summed E-state index contributed by atoms with van der Waals surface area (Å²) >= 11 is 0. The monoisotopic (exact) mass is 435 g/mol. The standard InChI is InChI=1S/C17H17N3O4.C7H8O/c1-2-9-3-6-13(12(7-9)17(23)24)20-16(22)15(19)11-5-4-10(18)8-14(11)21;1-8-7-5-3-2-4-6-7/h3-8,19,21H,2,18H2,1H3,(H,20,22)(H,23,24);2-6H,1H3. The quantitative estimate of drug-likeness (QED) is 0.293. The maximum Gasteiger partial charge on any atom is 0.337 e. The Bertz CT molecular complexity index is 1110. The molecule has 0 bridgehead atoms. The van der Waals surface area contributed by atoms with Crippen LogP contribution in [0.4, 0.5) is 11.4 Å². The number of aryl methyl sites for hydroxylation is 1. The number of para-hydroxylation sites is 1. The predicted octanol–water partition coefficient (Wildman–Crippen LogP) is 3.94. The van der Waals surface area contributed by atoms with Gasteiger partial charge in [-0.3, -0.25) is 10.2 Å². The molecule has 0 aliphatic rings. The van der Waals surface area contributed by atoms with Gasteiger partial charge in [0.1, 0.15) is 17.2 Å². The van der Waals surface area contributed by atoms with Crippen molar-refractivity contribution in [3.8, 4) is 11.5 Å². The van der Waals surface area contributed by atoms with Crippen LogP contribution in [0.15, 0.2) is 66.7 Å². The average Bonchev–Trinajstić information content (AvgIpc) is 2.79. The zero-order chi connectivity index (χ0) is 23.7. The number of phenols is 1. The highest BCUT2D eigenvalue weighted by Crippen LogP contribution is 2.22. The summed E-state index contributed by atoms with van der Waals surface area (Å²) in [5.74, 6) is -1.40. The van der Waals surface area contributed by atoms with E-state index in [9.17, 15) is 19.8 Å². The molecule has 32 heavy (non-hydrogen) atoms. The highest BCUT2D eigenvalue weighted by atomic mass is 16.5. The van der Waals surface area contributed by atoms with E-state index in [4.69, 9.17) is 15.9 Å². The number of rotatable bonds is 6. The number of aromatic hydroxyl groups is 1. The largest absolute Gasteiger partial charge is 0.507 e. The van der Waals surface area contributed by atoms with Crippen LogP contribution in [0.2, 0.25) is 0 Å². The molecule has 0 saturated heterocycles. The van der Waals surface area contributed by atoms with Crippen LogP contribution in [-0.4, -0.2) is 34.9 Å². The number of carbonyl (C=O) groups is 2. The normalized spacial score (nSPS) is 9.81. The Morgan fingerprint density at radius 2 is 1.72 bits per heavy atom. The third kappa shape index (κ3) is 6.33. The van der Waals surface area contributed by atoms with Crippen LogP contribution in [-0.2, 0) is 11.2 Å². The minimum Gasteiger partial charge on any atom is -0.507 e. The molecule has 0 fully saturated rings. The van der Waals surface area contributed by atoms with Gasteiger partial charge in [0.2, 0.25) is 0 Å². The van der Waals surface area contributed by atoms with Gasteiger partial charge in [0.05, 0.1) is 18.4 Å². The van der Waals surface area contributed by atoms with Crippen molar-refractivity contribution in [3.05, 3.63) is 83.4 Å². The number of benzene rings is 3. The number of nitrogen functional groups attached to an aromatic ring is 1. The Hall–Kier alpha value is -4.33. The fourth-order valence-corrected chi connectivity index (χ4v) is 2.72. The molecule has 1 amide bonds. The lowest BCUT2D eigenvalue weighted by Gasteiger charge is -2.11. The number of methoxy groups -OCH3 is 1. The van der Waals surface area contributed by atoms with Crippen LogP contribution in [0.1, 0.15) is 28.4 Å². The molecule has 0 spiro atoms. The van der Waals surface area contributed by atoms with Crippen LogP contribution in [0.3, 0.4) is 0 Å². The number of aromatic carboxylic acids is 1. The van der Waals surface area contributed by atoms with Gasteiger partial charge >= 0.3 is 5.97 Å². The van der Waals surface area contributed by atoms with E-state index < -0.39 is 17.6 Å². The van der Waals surface area contributed by atoms with Crippen molar-refractivity contribution in [1.29, 1.82) is 5.41 Å². The maximum absolute atomic E-state index is 12.2. The molecule has 0 atom stereocenters. The average molecular weight is 435 g/mol. The van der Waals surface area contributed by atoms with E-state index in [1.54, 1.807) is 13.2 Å². The van der Waals surface area contributed by atoms with Crippen molar-refractivity contribution in [1.82, 2.24) is 0 Å². The van der Waals surface area contributed by atoms with Gasteiger partial charge in [0.25, 0.3) is 5.91 Å². The molecule has 0 unspecified atom stereocenters. The van der Waals surface area contributed by atoms with Crippen LogP contribution >= 0.6 is 0 Å². The van der Waals surface area contributed by atoms with Gasteiger partial charge in [-0.2, -0.15) is 0 Å². The van der Waals surface area contributed by atoms with Crippen molar-refractivity contribution in [2.24, 2.45) is 0 Å². The van der Waals surface area contributed by atoms with Crippen molar-refractivity contribution in [2.75, 3.05) is 18.2 Å². The first kappa shape index (κ1) is 23.9. The molecule has 8 nitrogen and oxygen atoms in total. The molecule has 0 aliphatic heterocycles. The molecule has 166 valence electrons. The van der Waals surface area contributed by atoms with Crippen molar-refractivity contribution in [3.63, 3.8) is 0 Å². The first-order valence-electron chi connectivity index (χ1n) is 9.70. The van der Waals surface area contributed by atoms with E-state index in [0.29, 0.717) is 12.1 Å². The predicted molar refractivity (Wildman–Crippen MR) is 124 cm³/mol. The zero-order valence-electron chi connectivity index (χ0n) is 17.8. The molecular formula is C24H25N3O5. The first-order valence-corrected chi connectivity index (χ1v) is 9.70. The minimum atomic E-state index is -1.18. The van der Waals surface area contributed by atoms with Gasteiger partial charge in [-0.15, -0.1) is 0 Å². The van der Waals surface area contributed by atoms with E-state index in [2.05, 4.69) is 5.32 Å². The summed E-state index contributed by atoms with van der Waals surface area (Å²) in [6.45, 7) is 1.89. The number of nitrogens with two attached hydrogens (primary N) is 1. The number of ether oxygens (including phenoxy) is 1. The molecular weight excluding hydrogens is 410 g/mol. The highest BCUT2D eigenvalue weighted by Gasteiger charge is 2.19. The van der Waals surface area contributed by atoms with Crippen LogP contribution in [0.25, 0.3) is 0 Å². The molecule has 0 saturated carbocycles. The summed E-state index contributed by atoms with van der Waals surface area (Å²) in [6, 6.07) is 18.4. The molecule has 8 heteroatoms. The van der Waals surface area contributed by atoms with Gasteiger partial charge in [-0.1, -0.05) is 31.2 Å². The molecule has 6 N–H and O–H groups in total. The summed E-state index contributed by atoms with van der Waals surface area (Å²) in [4.78, 5) is 23.6. The summed E-state index contributed by atoms with van der Waals surface area (Å²) in [6.07, 6.45) is 0.656. The fourth-order valence-electron chi connectivity index (χ4n) is 2.72. The second-order valence-corrected chi connectivity index (χ2v) is 6.66. The molecule has 3 rings (SSSR count). The Morgan fingerprint density at radius 1 is 1.03 bits per heavy atom. The zero-order valence-corrected chi connectivity index (χ0v) is 17.8. The van der Waals surface area contributed by atoms with Gasteiger partial charge in [0, 0.05) is 17.3 Å². The summed E-state index contributed by atoms with van der Waals surface area (Å²) in [5.41, 5.74) is 6.16. The number of nitrogens with one attached hydrogen (secondary N) is 2. The summed E-state index contributed by atoms with van der Waals surface area (Å²) < 4.78 is 4.91. The maximum atomic E-state index is 12.2. The van der Waals surface area contributed by atoms with Crippen molar-refractivity contribution in [2.45, 2.75) is 13.3 Å². The number of carboxylic acid groups (broad SMARTS) is 1. The Morgan fingerprint density at radius 3 is 2.25 bits per heavy atom. The van der Waals surface area contributed by atoms with Crippen molar-refractivity contribution < 1.29 is 24.5 Å². The van der Waals surface area contributed by atoms with Crippen molar-refractivity contribution >= 4 is 29.0 Å². The molecule has 0 aliphatic carbocycles. The number of hydrogen-bond acceptors (Lipinski definition) is 6. The highest BCUT2D eigenvalue weighted by molar-refractivity contribution is 6.48. The Labute approximate surface area is 185 Å². The number of phenolic OH excluding ortho intramolecular Hbond substituents is 1. The smallest absolute Gasteiger partial charge is 0.337 e. The SMILES string of the molecule is CCc1ccc(NC(=O)C(=N)c2ccc(N)cc2O)c(C(=O)O)c1.COc1ccccc1. The van der Waals surface area contributed by atoms with E-state index in [1.165, 1.54) is 30.3 Å².